The third-order valence-corrected chi connectivity index (χ3v) is 11.0. The smallest absolute Gasteiger partial charge is 0.310 e. The predicted octanol–water partition coefficient (Wildman–Crippen LogP) is 18.6. The molecule has 0 radical (unpaired) electrons. The lowest BCUT2D eigenvalue weighted by atomic mass is 10.1. The van der Waals surface area contributed by atoms with Gasteiger partial charge in [0.15, 0.2) is 6.10 Å². The number of ether oxygens (including phenoxy) is 3. The normalized spacial score (nSPS) is 13.2. The van der Waals surface area contributed by atoms with E-state index in [-0.39, 0.29) is 31.6 Å². The van der Waals surface area contributed by atoms with Crippen LogP contribution in [0.15, 0.2) is 122 Å². The first-order valence-corrected chi connectivity index (χ1v) is 27.1. The summed E-state index contributed by atoms with van der Waals surface area (Å²) in [7, 11) is 0. The molecule has 0 aliphatic heterocycles. The van der Waals surface area contributed by atoms with Gasteiger partial charge in [-0.3, -0.25) is 9.59 Å². The lowest BCUT2D eigenvalue weighted by Crippen LogP contribution is -2.29. The molecule has 0 saturated heterocycles. The lowest BCUT2D eigenvalue weighted by Gasteiger charge is -2.18. The molecular weight excluding hydrogens is 813 g/mol. The largest absolute Gasteiger partial charge is 0.462 e. The molecule has 0 aromatic heterocycles. The summed E-state index contributed by atoms with van der Waals surface area (Å²) in [5.41, 5.74) is 0. The highest BCUT2D eigenvalue weighted by atomic mass is 16.6. The number of unbranched alkanes of at least 4 members (excludes halogenated alkanes) is 18. The van der Waals surface area contributed by atoms with E-state index >= 15 is 0 Å². The van der Waals surface area contributed by atoms with Crippen LogP contribution in [0.5, 0.6) is 0 Å². The molecule has 5 heteroatoms. The molecule has 5 nitrogen and oxygen atoms in total. The predicted molar refractivity (Wildman–Crippen MR) is 288 cm³/mol. The molecule has 0 fully saturated rings. The van der Waals surface area contributed by atoms with Crippen LogP contribution in [-0.4, -0.2) is 37.9 Å². The molecular formula is C61H100O5. The van der Waals surface area contributed by atoms with E-state index in [0.717, 1.165) is 96.3 Å². The second-order valence-electron chi connectivity index (χ2n) is 17.4. The molecule has 0 aliphatic rings. The Hall–Kier alpha value is -3.70. The Bertz CT molecular complexity index is 1350. The molecule has 0 heterocycles. The maximum absolute atomic E-state index is 12.8. The van der Waals surface area contributed by atoms with Gasteiger partial charge in [-0.15, -0.1) is 0 Å². The van der Waals surface area contributed by atoms with Gasteiger partial charge >= 0.3 is 11.9 Å². The van der Waals surface area contributed by atoms with Gasteiger partial charge in [-0.05, 0) is 109 Å². The lowest BCUT2D eigenvalue weighted by molar-refractivity contribution is -0.162. The van der Waals surface area contributed by atoms with E-state index in [9.17, 15) is 9.59 Å². The summed E-state index contributed by atoms with van der Waals surface area (Å²) < 4.78 is 17.3. The Morgan fingerprint density at radius 2 is 0.727 bits per heavy atom. The Kier molecular flexibility index (Phi) is 52.5. The molecule has 1 atom stereocenters. The van der Waals surface area contributed by atoms with Crippen molar-refractivity contribution in [2.24, 2.45) is 0 Å². The molecule has 0 rings (SSSR count). The van der Waals surface area contributed by atoms with Crippen LogP contribution in [-0.2, 0) is 23.8 Å². The summed E-state index contributed by atoms with van der Waals surface area (Å²) in [5, 5.41) is 0. The van der Waals surface area contributed by atoms with Crippen LogP contribution in [0.2, 0.25) is 0 Å². The molecule has 0 aromatic rings. The van der Waals surface area contributed by atoms with Gasteiger partial charge in [0.2, 0.25) is 0 Å². The van der Waals surface area contributed by atoms with E-state index in [0.29, 0.717) is 13.0 Å². The van der Waals surface area contributed by atoms with Gasteiger partial charge < -0.3 is 14.2 Å². The average molecular weight is 913 g/mol. The summed E-state index contributed by atoms with van der Waals surface area (Å²) in [4.78, 5) is 25.4. The van der Waals surface area contributed by atoms with Gasteiger partial charge in [-0.2, -0.15) is 0 Å². The number of allylic oxidation sites excluding steroid dienone is 19. The SMILES string of the molecule is CC/C=C\C/C=C\C/C=C\C/C=C\C/C=C\CC(=O)OC(COCCCCCCCCCC/C=C\C/C=C\C/C=C\CC)COC(=O)CCCCCCCCC/C=C\C/C=C\CCCCC. The Morgan fingerprint density at radius 3 is 1.17 bits per heavy atom. The van der Waals surface area contributed by atoms with Crippen molar-refractivity contribution in [3.8, 4) is 0 Å². The van der Waals surface area contributed by atoms with Crippen molar-refractivity contribution in [3.05, 3.63) is 122 Å². The molecule has 66 heavy (non-hydrogen) atoms. The van der Waals surface area contributed by atoms with Crippen LogP contribution < -0.4 is 0 Å². The van der Waals surface area contributed by atoms with Crippen molar-refractivity contribution < 1.29 is 23.8 Å². The van der Waals surface area contributed by atoms with E-state index in [2.05, 4.69) is 130 Å². The molecule has 0 amide bonds. The number of hydrogen-bond acceptors (Lipinski definition) is 5. The van der Waals surface area contributed by atoms with E-state index in [1.165, 1.54) is 96.3 Å². The van der Waals surface area contributed by atoms with Gasteiger partial charge in [0.05, 0.1) is 13.0 Å². The second-order valence-corrected chi connectivity index (χ2v) is 17.4. The van der Waals surface area contributed by atoms with E-state index in [4.69, 9.17) is 14.2 Å². The first-order chi connectivity index (χ1) is 32.6. The fourth-order valence-corrected chi connectivity index (χ4v) is 7.04. The van der Waals surface area contributed by atoms with Gasteiger partial charge in [0.1, 0.15) is 6.61 Å². The van der Waals surface area contributed by atoms with E-state index in [1.54, 1.807) is 0 Å². The van der Waals surface area contributed by atoms with Crippen molar-refractivity contribution in [2.45, 2.75) is 232 Å². The zero-order valence-corrected chi connectivity index (χ0v) is 42.9. The molecule has 0 bridgehead atoms. The molecule has 0 N–H and O–H groups in total. The highest BCUT2D eigenvalue weighted by Crippen LogP contribution is 2.13. The maximum Gasteiger partial charge on any atom is 0.310 e. The third-order valence-electron chi connectivity index (χ3n) is 11.0. The average Bonchev–Trinajstić information content (AvgIpc) is 3.32. The first kappa shape index (κ1) is 62.3. The minimum atomic E-state index is -0.606. The van der Waals surface area contributed by atoms with Crippen LogP contribution in [0.1, 0.15) is 226 Å². The number of hydrogen-bond donors (Lipinski definition) is 0. The Balaban J connectivity index is 4.42. The van der Waals surface area contributed by atoms with E-state index < -0.39 is 6.10 Å². The summed E-state index contributed by atoms with van der Waals surface area (Å²) in [5.74, 6) is -0.562. The first-order valence-electron chi connectivity index (χ1n) is 27.1. The van der Waals surface area contributed by atoms with Crippen LogP contribution in [0.4, 0.5) is 0 Å². The van der Waals surface area contributed by atoms with Crippen LogP contribution in [0.25, 0.3) is 0 Å². The van der Waals surface area contributed by atoms with Gasteiger partial charge in [-0.25, -0.2) is 0 Å². The number of rotatable bonds is 48. The molecule has 374 valence electrons. The fourth-order valence-electron chi connectivity index (χ4n) is 7.04. The minimum Gasteiger partial charge on any atom is -0.462 e. The Morgan fingerprint density at radius 1 is 0.364 bits per heavy atom. The zero-order valence-electron chi connectivity index (χ0n) is 42.9. The van der Waals surface area contributed by atoms with Crippen LogP contribution >= 0.6 is 0 Å². The topological polar surface area (TPSA) is 61.8 Å². The Labute approximate surface area is 407 Å². The summed E-state index contributed by atoms with van der Waals surface area (Å²) >= 11 is 0. The number of carbonyl (C=O) groups excluding carboxylic acids is 2. The van der Waals surface area contributed by atoms with Crippen molar-refractivity contribution >= 4 is 11.9 Å². The fraction of sp³-hybridized carbons (Fsp3) is 0.639. The molecule has 0 saturated carbocycles. The van der Waals surface area contributed by atoms with Crippen molar-refractivity contribution in [1.29, 1.82) is 0 Å². The van der Waals surface area contributed by atoms with Gasteiger partial charge in [-0.1, -0.05) is 226 Å². The molecule has 1 unspecified atom stereocenters. The van der Waals surface area contributed by atoms with Crippen LogP contribution in [0.3, 0.4) is 0 Å². The van der Waals surface area contributed by atoms with Crippen molar-refractivity contribution in [1.82, 2.24) is 0 Å². The zero-order chi connectivity index (χ0) is 47.7. The van der Waals surface area contributed by atoms with E-state index in [1.807, 2.05) is 12.2 Å². The van der Waals surface area contributed by atoms with Crippen molar-refractivity contribution in [2.75, 3.05) is 19.8 Å². The standard InChI is InChI=1S/C61H100O5/c1-4-7-10-13-16-19-22-25-28-30-32-35-38-41-44-47-50-53-56-64-57-59(66-61(63)55-52-49-46-43-40-37-33-27-24-21-18-15-12-9-6-3)58-65-60(62)54-51-48-45-42-39-36-34-31-29-26-23-20-17-14-11-8-5-2/h7,9-10,12,16-21,25-29,33,40,43,49,52,59H,4-6,8,11,13-15,22-24,30-32,34-39,41-42,44-48,50-51,53-58H2,1-3H3/b10-7-,12-9-,19-16-,20-17-,21-18-,28-25-,29-26-,33-27-,43-40-,52-49-. The summed E-state index contributed by atoms with van der Waals surface area (Å²) in [6.45, 7) is 7.44. The van der Waals surface area contributed by atoms with Gasteiger partial charge in [0, 0.05) is 13.0 Å². The third kappa shape index (κ3) is 52.9. The second kappa shape index (κ2) is 55.6. The molecule has 0 aliphatic carbocycles. The molecule has 0 spiro atoms. The summed E-state index contributed by atoms with van der Waals surface area (Å²) in [6, 6.07) is 0. The maximum atomic E-state index is 12.8. The quantitative estimate of drug-likeness (QED) is 0.0346. The highest BCUT2D eigenvalue weighted by molar-refractivity contribution is 5.71. The number of esters is 2. The van der Waals surface area contributed by atoms with Gasteiger partial charge in [0.25, 0.3) is 0 Å². The number of carbonyl (C=O) groups is 2. The van der Waals surface area contributed by atoms with Crippen molar-refractivity contribution in [3.63, 3.8) is 0 Å². The minimum absolute atomic E-state index is 0.0315. The monoisotopic (exact) mass is 913 g/mol. The van der Waals surface area contributed by atoms with Crippen LogP contribution in [0, 0.1) is 0 Å². The highest BCUT2D eigenvalue weighted by Gasteiger charge is 2.17. The molecule has 0 aromatic carbocycles. The summed E-state index contributed by atoms with van der Waals surface area (Å²) in [6.07, 6.45) is 78.1.